The molecule has 0 amide bonds. The van der Waals surface area contributed by atoms with Crippen LogP contribution in [0, 0.1) is 29.6 Å². The minimum Gasteiger partial charge on any atom is -0.462 e. The lowest BCUT2D eigenvalue weighted by molar-refractivity contribution is -0.299. The van der Waals surface area contributed by atoms with Crippen LogP contribution in [0.3, 0.4) is 0 Å². The van der Waals surface area contributed by atoms with E-state index in [1.807, 2.05) is 39.8 Å². The second kappa shape index (κ2) is 19.7. The highest BCUT2D eigenvalue weighted by molar-refractivity contribution is 5.92. The first kappa shape index (κ1) is 46.4. The molecule has 0 bridgehead atoms. The standard InChI is InChI=1S/C41H69NO14/c1-14-30(43)53-35-22(5)26(9)52-39(47)25(8)36(55-32-17-29(48-13)37(27(10)51-32)54-31(44)15-2)23(6)34(20(3)18-41(19-49-41)38(46)24(35)7)56-40-33(45)28(42(11)12)16-21(4)50-40/h20-29,32-37,40,45H,14-19H2,1-13H3/t20-,21+,22-,23+,24+,25+,26+,27-,28-,29-,32-,33+,34-,35-,36-,37-,40-,41+/m0/s1. The van der Waals surface area contributed by atoms with Gasteiger partial charge in [-0.2, -0.15) is 0 Å². The highest BCUT2D eigenvalue weighted by Crippen LogP contribution is 2.44. The van der Waals surface area contributed by atoms with E-state index in [2.05, 4.69) is 0 Å². The highest BCUT2D eigenvalue weighted by Gasteiger charge is 2.58. The molecule has 15 heteroatoms. The average molecular weight is 800 g/mol. The first-order chi connectivity index (χ1) is 26.3. The maximum Gasteiger partial charge on any atom is 0.311 e. The van der Waals surface area contributed by atoms with Crippen LogP contribution in [0.5, 0.6) is 0 Å². The molecule has 0 aromatic rings. The topological polar surface area (TPSA) is 178 Å². The summed E-state index contributed by atoms with van der Waals surface area (Å²) in [4.78, 5) is 55.5. The molecule has 1 N–H and O–H groups in total. The van der Waals surface area contributed by atoms with Gasteiger partial charge in [0.05, 0.1) is 42.9 Å². The minimum atomic E-state index is -1.16. The lowest BCUT2D eigenvalue weighted by Gasteiger charge is -2.46. The zero-order valence-electron chi connectivity index (χ0n) is 35.8. The number of methoxy groups -OCH3 is 1. The third kappa shape index (κ3) is 10.7. The molecule has 4 fully saturated rings. The fraction of sp³-hybridized carbons (Fsp3) is 0.902. The van der Waals surface area contributed by atoms with Crippen molar-refractivity contribution in [2.75, 3.05) is 27.8 Å². The molecular formula is C41H69NO14. The maximum atomic E-state index is 14.4. The molecule has 4 aliphatic heterocycles. The van der Waals surface area contributed by atoms with Crippen LogP contribution >= 0.6 is 0 Å². The summed E-state index contributed by atoms with van der Waals surface area (Å²) in [7, 11) is 5.32. The van der Waals surface area contributed by atoms with Gasteiger partial charge >= 0.3 is 17.9 Å². The van der Waals surface area contributed by atoms with Gasteiger partial charge in [-0.15, -0.1) is 0 Å². The smallest absolute Gasteiger partial charge is 0.311 e. The highest BCUT2D eigenvalue weighted by atomic mass is 16.7. The summed E-state index contributed by atoms with van der Waals surface area (Å²) in [6, 6.07) is -0.251. The Hall–Kier alpha value is -2.24. The molecule has 0 aromatic carbocycles. The Kier molecular flexibility index (Phi) is 16.3. The number of nitrogens with zero attached hydrogens (tertiary/aromatic N) is 1. The summed E-state index contributed by atoms with van der Waals surface area (Å²) < 4.78 is 55.7. The molecule has 56 heavy (non-hydrogen) atoms. The summed E-state index contributed by atoms with van der Waals surface area (Å²) in [6.07, 6.45) is -6.94. The Morgan fingerprint density at radius 2 is 1.41 bits per heavy atom. The van der Waals surface area contributed by atoms with Gasteiger partial charge < -0.3 is 52.6 Å². The van der Waals surface area contributed by atoms with E-state index in [1.54, 1.807) is 48.5 Å². The van der Waals surface area contributed by atoms with E-state index in [9.17, 15) is 24.3 Å². The Balaban J connectivity index is 1.77. The number of Topliss-reactive ketones (excluding diaryl/α,β-unsaturated/α-hetero) is 1. The van der Waals surface area contributed by atoms with Crippen molar-refractivity contribution >= 4 is 23.7 Å². The third-order valence-electron chi connectivity index (χ3n) is 12.4. The molecule has 0 aromatic heterocycles. The van der Waals surface area contributed by atoms with Crippen molar-refractivity contribution in [3.05, 3.63) is 0 Å². The zero-order valence-corrected chi connectivity index (χ0v) is 35.8. The van der Waals surface area contributed by atoms with Gasteiger partial charge in [0, 0.05) is 44.2 Å². The van der Waals surface area contributed by atoms with Crippen molar-refractivity contribution in [2.45, 2.75) is 181 Å². The molecule has 322 valence electrons. The van der Waals surface area contributed by atoms with E-state index in [1.165, 1.54) is 7.11 Å². The molecule has 0 unspecified atom stereocenters. The van der Waals surface area contributed by atoms with Gasteiger partial charge in [-0.25, -0.2) is 0 Å². The van der Waals surface area contributed by atoms with Crippen molar-refractivity contribution < 1.29 is 66.9 Å². The van der Waals surface area contributed by atoms with Crippen molar-refractivity contribution in [3.63, 3.8) is 0 Å². The van der Waals surface area contributed by atoms with Crippen LogP contribution in [0.25, 0.3) is 0 Å². The number of carbonyl (C=O) groups excluding carboxylic acids is 4. The molecule has 4 aliphatic rings. The molecule has 4 saturated heterocycles. The van der Waals surface area contributed by atoms with E-state index in [-0.39, 0.29) is 56.2 Å². The van der Waals surface area contributed by atoms with E-state index < -0.39 is 109 Å². The number of hydrogen-bond acceptors (Lipinski definition) is 15. The number of carbonyl (C=O) groups is 4. The van der Waals surface area contributed by atoms with E-state index in [4.69, 9.17) is 42.6 Å². The van der Waals surface area contributed by atoms with E-state index in [0.717, 1.165) is 0 Å². The summed E-state index contributed by atoms with van der Waals surface area (Å²) in [5.41, 5.74) is -1.16. The van der Waals surface area contributed by atoms with E-state index in [0.29, 0.717) is 6.42 Å². The Morgan fingerprint density at radius 3 is 1.96 bits per heavy atom. The molecule has 0 saturated carbocycles. The fourth-order valence-electron chi connectivity index (χ4n) is 8.72. The molecule has 4 rings (SSSR count). The first-order valence-electron chi connectivity index (χ1n) is 20.6. The molecule has 0 radical (unpaired) electrons. The first-order valence-corrected chi connectivity index (χ1v) is 20.6. The van der Waals surface area contributed by atoms with Crippen molar-refractivity contribution in [1.29, 1.82) is 0 Å². The number of rotatable bonds is 10. The van der Waals surface area contributed by atoms with Gasteiger partial charge in [-0.3, -0.25) is 19.2 Å². The van der Waals surface area contributed by atoms with E-state index >= 15 is 0 Å². The van der Waals surface area contributed by atoms with Gasteiger partial charge in [0.2, 0.25) is 0 Å². The number of cyclic esters (lactones) is 1. The monoisotopic (exact) mass is 799 g/mol. The number of aliphatic hydroxyl groups is 1. The average Bonchev–Trinajstić information content (AvgIpc) is 3.94. The molecule has 1 spiro atoms. The second-order valence-electron chi connectivity index (χ2n) is 16.9. The summed E-state index contributed by atoms with van der Waals surface area (Å²) >= 11 is 0. The predicted molar refractivity (Wildman–Crippen MR) is 202 cm³/mol. The number of epoxide rings is 1. The zero-order chi connectivity index (χ0) is 41.8. The molecule has 18 atom stereocenters. The Bertz CT molecular complexity index is 1340. The quantitative estimate of drug-likeness (QED) is 0.191. The number of likely N-dealkylation sites (N-methyl/N-ethyl adjacent to an activating group) is 1. The van der Waals surface area contributed by atoms with Gasteiger partial charge in [-0.1, -0.05) is 41.5 Å². The van der Waals surface area contributed by atoms with Gasteiger partial charge in [0.1, 0.15) is 24.4 Å². The third-order valence-corrected chi connectivity index (χ3v) is 12.4. The number of ether oxygens (including phenoxy) is 9. The Labute approximate surface area is 333 Å². The Morgan fingerprint density at radius 1 is 0.804 bits per heavy atom. The van der Waals surface area contributed by atoms with Gasteiger partial charge in [-0.05, 0) is 60.5 Å². The van der Waals surface area contributed by atoms with Gasteiger partial charge in [0.15, 0.2) is 30.1 Å². The molecule has 0 aliphatic carbocycles. The van der Waals surface area contributed by atoms with Crippen molar-refractivity contribution in [3.8, 4) is 0 Å². The molecule has 15 nitrogen and oxygen atoms in total. The van der Waals surface area contributed by atoms with Crippen LogP contribution in [0.15, 0.2) is 0 Å². The number of ketones is 1. The number of aliphatic hydroxyl groups excluding tert-OH is 1. The SMILES string of the molecule is CCC(=O)O[C@H]1[C@H](C)O[C@@H](O[C@H]2[C@H](C)[C@@H](O[C@@H]3O[C@H](C)C[C@H](N(C)C)[C@H]3O)[C@@H](C)C[C@@]3(CO3)C(=O)[C@H](C)[C@@H](OC(=O)CC)[C@@H](C)[C@@H](C)OC(=O)[C@@H]2C)C[C@@H]1OC. The number of esters is 3. The van der Waals surface area contributed by atoms with Crippen LogP contribution in [-0.4, -0.2) is 141 Å². The second-order valence-corrected chi connectivity index (χ2v) is 16.9. The predicted octanol–water partition coefficient (Wildman–Crippen LogP) is 3.83. The van der Waals surface area contributed by atoms with Crippen molar-refractivity contribution in [2.24, 2.45) is 29.6 Å². The lowest BCUT2D eigenvalue weighted by atomic mass is 9.76. The van der Waals surface area contributed by atoms with Crippen LogP contribution in [0.1, 0.15) is 101 Å². The normalized spacial score (nSPS) is 44.2. The fourth-order valence-corrected chi connectivity index (χ4v) is 8.72. The van der Waals surface area contributed by atoms with Crippen LogP contribution in [-0.2, 0) is 61.8 Å². The lowest BCUT2D eigenvalue weighted by Crippen LogP contribution is -2.57. The summed E-state index contributed by atoms with van der Waals surface area (Å²) in [5, 5.41) is 11.6. The number of hydrogen-bond donors (Lipinski definition) is 1. The summed E-state index contributed by atoms with van der Waals surface area (Å²) in [5.74, 6) is -4.81. The van der Waals surface area contributed by atoms with Crippen LogP contribution < -0.4 is 0 Å². The molecular weight excluding hydrogens is 730 g/mol. The largest absolute Gasteiger partial charge is 0.462 e. The van der Waals surface area contributed by atoms with Crippen molar-refractivity contribution in [1.82, 2.24) is 4.90 Å². The van der Waals surface area contributed by atoms with Gasteiger partial charge in [0.25, 0.3) is 0 Å². The molecule has 4 heterocycles. The minimum absolute atomic E-state index is 0.111. The van der Waals surface area contributed by atoms with Crippen LogP contribution in [0.2, 0.25) is 0 Å². The van der Waals surface area contributed by atoms with Crippen LogP contribution in [0.4, 0.5) is 0 Å². The summed E-state index contributed by atoms with van der Waals surface area (Å²) in [6.45, 7) is 18.1. The maximum absolute atomic E-state index is 14.4.